The molecular weight excluding hydrogens is 276 g/mol. The summed E-state index contributed by atoms with van der Waals surface area (Å²) in [5, 5.41) is 12.8. The fourth-order valence-electron chi connectivity index (χ4n) is 2.04. The van der Waals surface area contributed by atoms with E-state index in [0.717, 1.165) is 17.8 Å². The van der Waals surface area contributed by atoms with E-state index in [4.69, 9.17) is 4.74 Å². The zero-order chi connectivity index (χ0) is 15.5. The maximum Gasteiger partial charge on any atom is 0.159 e. The van der Waals surface area contributed by atoms with Gasteiger partial charge in [0, 0.05) is 5.69 Å². The van der Waals surface area contributed by atoms with E-state index in [2.05, 4.69) is 5.32 Å². The summed E-state index contributed by atoms with van der Waals surface area (Å²) in [6, 6.07) is 10.7. The SMILES string of the molecule is COc1ccc(NC(C)(CO)c2ccc(F)c(F)c2)cc1. The summed E-state index contributed by atoms with van der Waals surface area (Å²) in [6.45, 7) is 1.44. The molecule has 0 aliphatic carbocycles. The number of rotatable bonds is 5. The van der Waals surface area contributed by atoms with Crippen molar-refractivity contribution in [3.8, 4) is 5.75 Å². The molecule has 0 aliphatic heterocycles. The van der Waals surface area contributed by atoms with Crippen molar-refractivity contribution >= 4 is 5.69 Å². The van der Waals surface area contributed by atoms with Crippen LogP contribution in [0.4, 0.5) is 14.5 Å². The van der Waals surface area contributed by atoms with Gasteiger partial charge in [-0.15, -0.1) is 0 Å². The zero-order valence-electron chi connectivity index (χ0n) is 11.9. The van der Waals surface area contributed by atoms with Gasteiger partial charge < -0.3 is 15.2 Å². The first-order valence-corrected chi connectivity index (χ1v) is 6.47. The molecule has 0 aromatic heterocycles. The molecule has 2 rings (SSSR count). The lowest BCUT2D eigenvalue weighted by Gasteiger charge is -2.30. The molecule has 0 saturated heterocycles. The summed E-state index contributed by atoms with van der Waals surface area (Å²) < 4.78 is 31.5. The molecule has 2 aromatic rings. The Labute approximate surface area is 122 Å². The Hall–Kier alpha value is -2.14. The first kappa shape index (κ1) is 15.3. The summed E-state index contributed by atoms with van der Waals surface area (Å²) in [7, 11) is 1.57. The highest BCUT2D eigenvalue weighted by molar-refractivity contribution is 5.50. The Morgan fingerprint density at radius 3 is 2.29 bits per heavy atom. The third-order valence-corrected chi connectivity index (χ3v) is 3.38. The fourth-order valence-corrected chi connectivity index (χ4v) is 2.04. The highest BCUT2D eigenvalue weighted by Crippen LogP contribution is 2.28. The van der Waals surface area contributed by atoms with Crippen molar-refractivity contribution in [1.29, 1.82) is 0 Å². The maximum atomic E-state index is 13.4. The fraction of sp³-hybridized carbons (Fsp3) is 0.250. The normalized spacial score (nSPS) is 13.6. The molecule has 0 radical (unpaired) electrons. The third-order valence-electron chi connectivity index (χ3n) is 3.38. The molecule has 1 atom stereocenters. The molecule has 3 nitrogen and oxygen atoms in total. The van der Waals surface area contributed by atoms with Crippen LogP contribution >= 0.6 is 0 Å². The first-order chi connectivity index (χ1) is 9.98. The van der Waals surface area contributed by atoms with Crippen molar-refractivity contribution in [2.24, 2.45) is 0 Å². The smallest absolute Gasteiger partial charge is 0.159 e. The second-order valence-corrected chi connectivity index (χ2v) is 4.97. The largest absolute Gasteiger partial charge is 0.497 e. The highest BCUT2D eigenvalue weighted by Gasteiger charge is 2.26. The van der Waals surface area contributed by atoms with E-state index in [0.29, 0.717) is 11.3 Å². The molecule has 0 amide bonds. The van der Waals surface area contributed by atoms with E-state index < -0.39 is 17.2 Å². The first-order valence-electron chi connectivity index (χ1n) is 6.47. The standard InChI is InChI=1S/C16H17F2NO2/c1-16(10-20,11-3-8-14(17)15(18)9-11)19-12-4-6-13(21-2)7-5-12/h3-9,19-20H,10H2,1-2H3. The molecule has 2 aromatic carbocycles. The van der Waals surface area contributed by atoms with Crippen LogP contribution in [0, 0.1) is 11.6 Å². The van der Waals surface area contributed by atoms with Crippen molar-refractivity contribution < 1.29 is 18.6 Å². The van der Waals surface area contributed by atoms with Gasteiger partial charge >= 0.3 is 0 Å². The summed E-state index contributed by atoms with van der Waals surface area (Å²) in [6.07, 6.45) is 0. The number of halogens is 2. The van der Waals surface area contributed by atoms with Crippen LogP contribution in [-0.2, 0) is 5.54 Å². The van der Waals surface area contributed by atoms with Gasteiger partial charge in [-0.05, 0) is 48.9 Å². The lowest BCUT2D eigenvalue weighted by molar-refractivity contribution is 0.223. The molecule has 112 valence electrons. The van der Waals surface area contributed by atoms with E-state index in [9.17, 15) is 13.9 Å². The minimum Gasteiger partial charge on any atom is -0.497 e. The van der Waals surface area contributed by atoms with E-state index in [1.165, 1.54) is 6.07 Å². The van der Waals surface area contributed by atoms with Gasteiger partial charge in [0.15, 0.2) is 11.6 Å². The van der Waals surface area contributed by atoms with E-state index in [1.807, 2.05) is 0 Å². The summed E-state index contributed by atoms with van der Waals surface area (Å²) in [5.74, 6) is -1.15. The lowest BCUT2D eigenvalue weighted by Crippen LogP contribution is -2.36. The summed E-state index contributed by atoms with van der Waals surface area (Å²) in [4.78, 5) is 0. The Morgan fingerprint density at radius 1 is 1.10 bits per heavy atom. The van der Waals surface area contributed by atoms with E-state index in [1.54, 1.807) is 38.3 Å². The molecule has 0 aliphatic rings. The summed E-state index contributed by atoms with van der Waals surface area (Å²) >= 11 is 0. The van der Waals surface area contributed by atoms with Crippen LogP contribution in [0.25, 0.3) is 0 Å². The highest BCUT2D eigenvalue weighted by atomic mass is 19.2. The Bertz CT molecular complexity index is 616. The molecule has 0 fully saturated rings. The average molecular weight is 293 g/mol. The van der Waals surface area contributed by atoms with Gasteiger partial charge in [0.2, 0.25) is 0 Å². The molecule has 0 saturated carbocycles. The zero-order valence-corrected chi connectivity index (χ0v) is 11.9. The van der Waals surface area contributed by atoms with Crippen LogP contribution in [0.2, 0.25) is 0 Å². The number of hydrogen-bond donors (Lipinski definition) is 2. The number of aliphatic hydroxyl groups excluding tert-OH is 1. The number of aliphatic hydroxyl groups is 1. The second-order valence-electron chi connectivity index (χ2n) is 4.97. The Balaban J connectivity index is 2.29. The van der Waals surface area contributed by atoms with Gasteiger partial charge in [0.25, 0.3) is 0 Å². The van der Waals surface area contributed by atoms with Crippen molar-refractivity contribution in [3.05, 3.63) is 59.7 Å². The van der Waals surface area contributed by atoms with Gasteiger partial charge in [-0.2, -0.15) is 0 Å². The predicted octanol–water partition coefficient (Wildman–Crippen LogP) is 3.29. The molecule has 1 unspecified atom stereocenters. The maximum absolute atomic E-state index is 13.4. The molecule has 0 spiro atoms. The van der Waals surface area contributed by atoms with Crippen molar-refractivity contribution in [2.45, 2.75) is 12.5 Å². The number of methoxy groups -OCH3 is 1. The van der Waals surface area contributed by atoms with Crippen LogP contribution in [0.5, 0.6) is 5.75 Å². The lowest BCUT2D eigenvalue weighted by atomic mass is 9.92. The topological polar surface area (TPSA) is 41.5 Å². The van der Waals surface area contributed by atoms with Crippen molar-refractivity contribution in [3.63, 3.8) is 0 Å². The molecular formula is C16H17F2NO2. The van der Waals surface area contributed by atoms with E-state index in [-0.39, 0.29) is 6.61 Å². The molecule has 0 heterocycles. The third kappa shape index (κ3) is 3.31. The van der Waals surface area contributed by atoms with Crippen LogP contribution in [0.3, 0.4) is 0 Å². The predicted molar refractivity (Wildman–Crippen MR) is 77.4 cm³/mol. The van der Waals surface area contributed by atoms with Crippen LogP contribution in [0.1, 0.15) is 12.5 Å². The number of nitrogens with one attached hydrogen (secondary N) is 1. The Kier molecular flexibility index (Phi) is 4.43. The van der Waals surface area contributed by atoms with Gasteiger partial charge in [-0.3, -0.25) is 0 Å². The van der Waals surface area contributed by atoms with Crippen LogP contribution in [-0.4, -0.2) is 18.8 Å². The molecule has 5 heteroatoms. The molecule has 21 heavy (non-hydrogen) atoms. The number of hydrogen-bond acceptors (Lipinski definition) is 3. The monoisotopic (exact) mass is 293 g/mol. The average Bonchev–Trinajstić information content (AvgIpc) is 2.50. The second kappa shape index (κ2) is 6.10. The van der Waals surface area contributed by atoms with Gasteiger partial charge in [0.1, 0.15) is 5.75 Å². The van der Waals surface area contributed by atoms with Crippen molar-refractivity contribution in [2.75, 3.05) is 19.0 Å². The van der Waals surface area contributed by atoms with Gasteiger partial charge in [-0.1, -0.05) is 6.07 Å². The number of anilines is 1. The van der Waals surface area contributed by atoms with Gasteiger partial charge in [0.05, 0.1) is 19.3 Å². The van der Waals surface area contributed by atoms with Crippen LogP contribution in [0.15, 0.2) is 42.5 Å². The van der Waals surface area contributed by atoms with Crippen LogP contribution < -0.4 is 10.1 Å². The molecule has 0 bridgehead atoms. The number of ether oxygens (including phenoxy) is 1. The Morgan fingerprint density at radius 2 is 1.76 bits per heavy atom. The minimum absolute atomic E-state index is 0.274. The van der Waals surface area contributed by atoms with E-state index >= 15 is 0 Å². The van der Waals surface area contributed by atoms with Crippen molar-refractivity contribution in [1.82, 2.24) is 0 Å². The van der Waals surface area contributed by atoms with Gasteiger partial charge in [-0.25, -0.2) is 8.78 Å². The quantitative estimate of drug-likeness (QED) is 0.889. The minimum atomic E-state index is -0.941. The number of benzene rings is 2. The molecule has 2 N–H and O–H groups in total. The summed E-state index contributed by atoms with van der Waals surface area (Å²) in [5.41, 5.74) is 0.264.